The van der Waals surface area contributed by atoms with Crippen LogP contribution in [0.3, 0.4) is 0 Å². The van der Waals surface area contributed by atoms with Crippen LogP contribution in [0.2, 0.25) is 0 Å². The highest BCUT2D eigenvalue weighted by atomic mass is 19.4. The van der Waals surface area contributed by atoms with Gasteiger partial charge in [0.1, 0.15) is 11.6 Å². The molecule has 0 radical (unpaired) electrons. The molecule has 0 saturated heterocycles. The number of aromatic carboxylic acids is 1. The standard InChI is InChI=1S/C19H17N5O3.C2HF3O2/c1-24-6-5-11-15-14(22-19(21)23-17(15)20)8-12(16(11)24)10-4-3-9(27-2)7-13(10)18(25)26;3-2(4,5)1(6)7/h3-8H,1-2H3,(H,25,26)(H4,20,21,22,23);(H,6,7). The molecule has 4 rings (SSSR count). The Balaban J connectivity index is 0.000000406. The van der Waals surface area contributed by atoms with Crippen LogP contribution in [0.5, 0.6) is 5.75 Å². The fourth-order valence-corrected chi connectivity index (χ4v) is 3.43. The average Bonchev–Trinajstić information content (AvgIpc) is 3.13. The minimum absolute atomic E-state index is 0.0643. The SMILES string of the molecule is COc1ccc(-c2cc3nc(N)nc(N)c3c3ccn(C)c23)c(C(=O)O)c1.O=C(O)C(F)(F)F. The van der Waals surface area contributed by atoms with Crippen LogP contribution in [0.1, 0.15) is 10.4 Å². The lowest BCUT2D eigenvalue weighted by molar-refractivity contribution is -0.192. The van der Waals surface area contributed by atoms with Gasteiger partial charge < -0.3 is 31.0 Å². The second kappa shape index (κ2) is 8.77. The summed E-state index contributed by atoms with van der Waals surface area (Å²) in [5.41, 5.74) is 14.6. The molecule has 0 fully saturated rings. The molecule has 0 aliphatic rings. The fraction of sp³-hybridized carbons (Fsp3) is 0.143. The molecule has 0 bridgehead atoms. The average molecular weight is 477 g/mol. The van der Waals surface area contributed by atoms with Gasteiger partial charge in [0.15, 0.2) is 0 Å². The summed E-state index contributed by atoms with van der Waals surface area (Å²) in [6, 6.07) is 8.65. The Morgan fingerprint density at radius 1 is 1.06 bits per heavy atom. The van der Waals surface area contributed by atoms with Gasteiger partial charge in [0, 0.05) is 24.2 Å². The van der Waals surface area contributed by atoms with Crippen LogP contribution >= 0.6 is 0 Å². The number of hydrogen-bond donors (Lipinski definition) is 4. The number of aromatic nitrogens is 3. The van der Waals surface area contributed by atoms with E-state index in [1.807, 2.05) is 23.9 Å². The molecule has 0 unspecified atom stereocenters. The van der Waals surface area contributed by atoms with Crippen molar-refractivity contribution in [2.75, 3.05) is 18.6 Å². The Bertz CT molecular complexity index is 1430. The van der Waals surface area contributed by atoms with Gasteiger partial charge >= 0.3 is 18.1 Å². The predicted octanol–water partition coefficient (Wildman–Crippen LogP) is 3.29. The van der Waals surface area contributed by atoms with E-state index >= 15 is 0 Å². The van der Waals surface area contributed by atoms with Crippen molar-refractivity contribution in [2.45, 2.75) is 6.18 Å². The van der Waals surface area contributed by atoms with Crippen molar-refractivity contribution in [2.24, 2.45) is 7.05 Å². The van der Waals surface area contributed by atoms with Gasteiger partial charge in [-0.25, -0.2) is 14.6 Å². The van der Waals surface area contributed by atoms with E-state index < -0.39 is 18.1 Å². The van der Waals surface area contributed by atoms with Crippen molar-refractivity contribution < 1.29 is 37.7 Å². The summed E-state index contributed by atoms with van der Waals surface area (Å²) < 4.78 is 38.8. The lowest BCUT2D eigenvalue weighted by atomic mass is 9.95. The Morgan fingerprint density at radius 2 is 1.71 bits per heavy atom. The summed E-state index contributed by atoms with van der Waals surface area (Å²) in [5, 5.41) is 18.4. The van der Waals surface area contributed by atoms with E-state index in [-0.39, 0.29) is 17.3 Å². The first-order valence-corrected chi connectivity index (χ1v) is 9.37. The van der Waals surface area contributed by atoms with E-state index in [2.05, 4.69) is 9.97 Å². The smallest absolute Gasteiger partial charge is 0.490 e. The van der Waals surface area contributed by atoms with Gasteiger partial charge in [0.2, 0.25) is 5.95 Å². The van der Waals surface area contributed by atoms with Crippen LogP contribution < -0.4 is 16.2 Å². The Labute approximate surface area is 189 Å². The zero-order chi connectivity index (χ0) is 25.4. The molecular weight excluding hydrogens is 459 g/mol. The molecule has 0 atom stereocenters. The summed E-state index contributed by atoms with van der Waals surface area (Å²) >= 11 is 0. The van der Waals surface area contributed by atoms with Crippen molar-refractivity contribution in [1.29, 1.82) is 0 Å². The van der Waals surface area contributed by atoms with Crippen molar-refractivity contribution >= 4 is 45.5 Å². The lowest BCUT2D eigenvalue weighted by Crippen LogP contribution is -2.21. The summed E-state index contributed by atoms with van der Waals surface area (Å²) in [6.45, 7) is 0. The molecule has 0 amide bonds. The van der Waals surface area contributed by atoms with Crippen LogP contribution in [0.4, 0.5) is 24.9 Å². The topological polar surface area (TPSA) is 167 Å². The molecule has 34 heavy (non-hydrogen) atoms. The number of aliphatic carboxylic acids is 1. The number of nitrogen functional groups attached to an aromatic ring is 2. The molecule has 2 heterocycles. The number of anilines is 2. The van der Waals surface area contributed by atoms with Crippen LogP contribution in [-0.2, 0) is 11.8 Å². The lowest BCUT2D eigenvalue weighted by Gasteiger charge is -2.13. The highest BCUT2D eigenvalue weighted by Crippen LogP contribution is 2.38. The Hall–Kier alpha value is -4.55. The van der Waals surface area contributed by atoms with Gasteiger partial charge in [-0.3, -0.25) is 0 Å². The predicted molar refractivity (Wildman–Crippen MR) is 117 cm³/mol. The molecule has 6 N–H and O–H groups in total. The Morgan fingerprint density at radius 3 is 2.26 bits per heavy atom. The summed E-state index contributed by atoms with van der Waals surface area (Å²) in [6.07, 6.45) is -3.20. The van der Waals surface area contributed by atoms with Gasteiger partial charge in [-0.05, 0) is 35.9 Å². The maximum atomic E-state index is 11.9. The first-order chi connectivity index (χ1) is 15.8. The number of carbonyl (C=O) groups is 2. The number of halogens is 3. The number of hydrogen-bond acceptors (Lipinski definition) is 7. The highest BCUT2D eigenvalue weighted by Gasteiger charge is 2.38. The fourth-order valence-electron chi connectivity index (χ4n) is 3.43. The molecule has 10 nitrogen and oxygen atoms in total. The summed E-state index contributed by atoms with van der Waals surface area (Å²) in [7, 11) is 3.38. The molecule has 2 aromatic carbocycles. The molecular formula is C21H18F3N5O5. The zero-order valence-electron chi connectivity index (χ0n) is 17.7. The molecule has 0 saturated carbocycles. The second-order valence-corrected chi connectivity index (χ2v) is 6.99. The van der Waals surface area contributed by atoms with Crippen molar-refractivity contribution in [3.05, 3.63) is 42.1 Å². The number of nitrogens with zero attached hydrogens (tertiary/aromatic N) is 3. The van der Waals surface area contributed by atoms with E-state index in [0.717, 1.165) is 10.9 Å². The number of aryl methyl sites for hydroxylation is 1. The number of rotatable bonds is 3. The molecule has 2 aromatic heterocycles. The van der Waals surface area contributed by atoms with Crippen molar-refractivity contribution in [1.82, 2.24) is 14.5 Å². The third-order valence-electron chi connectivity index (χ3n) is 4.85. The summed E-state index contributed by atoms with van der Waals surface area (Å²) in [5.74, 6) is -2.99. The normalized spacial score (nSPS) is 11.2. The number of alkyl halides is 3. The van der Waals surface area contributed by atoms with Crippen LogP contribution in [0.25, 0.3) is 32.9 Å². The van der Waals surface area contributed by atoms with Crippen LogP contribution in [0.15, 0.2) is 36.5 Å². The summed E-state index contributed by atoms with van der Waals surface area (Å²) in [4.78, 5) is 29.1. The number of carboxylic acid groups (broad SMARTS) is 2. The van der Waals surface area contributed by atoms with Gasteiger partial charge in [0.25, 0.3) is 0 Å². The largest absolute Gasteiger partial charge is 0.497 e. The first-order valence-electron chi connectivity index (χ1n) is 9.37. The van der Waals surface area contributed by atoms with Crippen LogP contribution in [-0.4, -0.2) is 50.0 Å². The number of carboxylic acids is 2. The van der Waals surface area contributed by atoms with Gasteiger partial charge in [-0.1, -0.05) is 0 Å². The maximum Gasteiger partial charge on any atom is 0.490 e. The third kappa shape index (κ3) is 4.48. The van der Waals surface area contributed by atoms with Gasteiger partial charge in [0.05, 0.1) is 29.1 Å². The monoisotopic (exact) mass is 477 g/mol. The Kier molecular flexibility index (Phi) is 6.21. The molecule has 13 heteroatoms. The molecule has 0 aliphatic heterocycles. The molecule has 0 aliphatic carbocycles. The molecule has 0 spiro atoms. The number of methoxy groups -OCH3 is 1. The van der Waals surface area contributed by atoms with Gasteiger partial charge in [-0.15, -0.1) is 0 Å². The van der Waals surface area contributed by atoms with Crippen molar-refractivity contribution in [3.63, 3.8) is 0 Å². The quantitative estimate of drug-likeness (QED) is 0.346. The maximum absolute atomic E-state index is 11.9. The number of ether oxygens (including phenoxy) is 1. The second-order valence-electron chi connectivity index (χ2n) is 6.99. The van der Waals surface area contributed by atoms with E-state index in [4.69, 9.17) is 26.1 Å². The number of benzene rings is 2. The van der Waals surface area contributed by atoms with E-state index in [9.17, 15) is 23.1 Å². The van der Waals surface area contributed by atoms with Crippen LogP contribution in [0, 0.1) is 0 Å². The first kappa shape index (κ1) is 24.1. The molecule has 178 valence electrons. The van der Waals surface area contributed by atoms with Crippen molar-refractivity contribution in [3.8, 4) is 16.9 Å². The highest BCUT2D eigenvalue weighted by molar-refractivity contribution is 6.16. The van der Waals surface area contributed by atoms with Gasteiger partial charge in [-0.2, -0.15) is 18.2 Å². The van der Waals surface area contributed by atoms with E-state index in [0.29, 0.717) is 27.8 Å². The number of fused-ring (bicyclic) bond motifs is 3. The zero-order valence-corrected chi connectivity index (χ0v) is 17.7. The number of nitrogens with two attached hydrogens (primary N) is 2. The molecule has 4 aromatic rings. The van der Waals surface area contributed by atoms with E-state index in [1.54, 1.807) is 18.2 Å². The van der Waals surface area contributed by atoms with E-state index in [1.165, 1.54) is 13.2 Å². The minimum Gasteiger partial charge on any atom is -0.497 e. The third-order valence-corrected chi connectivity index (χ3v) is 4.85. The minimum atomic E-state index is -5.08.